The molecule has 1 aromatic heterocycles. The van der Waals surface area contributed by atoms with Gasteiger partial charge in [-0.3, -0.25) is 9.59 Å². The van der Waals surface area contributed by atoms with Crippen molar-refractivity contribution in [3.8, 4) is 28.6 Å². The number of fused-ring (bicyclic) bond motifs is 1. The summed E-state index contributed by atoms with van der Waals surface area (Å²) in [6.07, 6.45) is 1.51. The van der Waals surface area contributed by atoms with Crippen LogP contribution in [0.25, 0.3) is 22.3 Å². The normalized spacial score (nSPS) is 11.3. The summed E-state index contributed by atoms with van der Waals surface area (Å²) in [6.45, 7) is 7.80. The van der Waals surface area contributed by atoms with Gasteiger partial charge in [0.15, 0.2) is 23.9 Å². The molecule has 0 atom stereocenters. The number of nitrogens with one attached hydrogen (secondary N) is 1. The molecule has 1 heterocycles. The number of anilines is 1. The molecule has 1 N–H and O–H groups in total. The molecule has 4 aromatic carbocycles. The molecule has 0 aliphatic heterocycles. The smallest absolute Gasteiger partial charge is 0.282 e. The molecule has 5 aromatic rings. The summed E-state index contributed by atoms with van der Waals surface area (Å²) in [6, 6.07) is 21.8. The highest BCUT2D eigenvalue weighted by molar-refractivity contribution is 6.32. The van der Waals surface area contributed by atoms with E-state index < -0.39 is 0 Å². The minimum atomic E-state index is -0.349. The van der Waals surface area contributed by atoms with Crippen LogP contribution in [0, 0.1) is 13.8 Å². The quantitative estimate of drug-likeness (QED) is 0.160. The fourth-order valence-corrected chi connectivity index (χ4v) is 5.30. The molecule has 236 valence electrons. The lowest BCUT2D eigenvalue weighted by Crippen LogP contribution is -2.21. The molecule has 0 radical (unpaired) electrons. The Labute approximate surface area is 272 Å². The van der Waals surface area contributed by atoms with Gasteiger partial charge < -0.3 is 19.5 Å². The van der Waals surface area contributed by atoms with Crippen LogP contribution in [0.1, 0.15) is 42.0 Å². The fourth-order valence-electron chi connectivity index (χ4n) is 5.02. The van der Waals surface area contributed by atoms with Crippen molar-refractivity contribution >= 4 is 40.3 Å². The largest absolute Gasteiger partial charge is 0.496 e. The van der Waals surface area contributed by atoms with Crippen molar-refractivity contribution < 1.29 is 19.0 Å². The maximum Gasteiger partial charge on any atom is 0.282 e. The van der Waals surface area contributed by atoms with Crippen LogP contribution in [-0.2, 0) is 4.79 Å². The van der Waals surface area contributed by atoms with E-state index in [0.29, 0.717) is 33.7 Å². The van der Waals surface area contributed by atoms with E-state index in [-0.39, 0.29) is 34.8 Å². The van der Waals surface area contributed by atoms with E-state index in [1.807, 2.05) is 56.3 Å². The molecular formula is C36H35ClN4O5. The van der Waals surface area contributed by atoms with Gasteiger partial charge in [-0.2, -0.15) is 9.78 Å². The number of benzene rings is 4. The van der Waals surface area contributed by atoms with Crippen molar-refractivity contribution in [2.24, 2.45) is 5.10 Å². The van der Waals surface area contributed by atoms with E-state index in [0.717, 1.165) is 28.0 Å². The zero-order valence-electron chi connectivity index (χ0n) is 26.6. The van der Waals surface area contributed by atoms with Gasteiger partial charge in [0.2, 0.25) is 0 Å². The molecule has 0 saturated carbocycles. The summed E-state index contributed by atoms with van der Waals surface area (Å²) in [5.41, 5.74) is 5.15. The van der Waals surface area contributed by atoms with Gasteiger partial charge in [-0.1, -0.05) is 55.3 Å². The van der Waals surface area contributed by atoms with Crippen LogP contribution in [-0.4, -0.2) is 42.6 Å². The van der Waals surface area contributed by atoms with Crippen molar-refractivity contribution in [1.82, 2.24) is 9.66 Å². The Balaban J connectivity index is 1.50. The number of amides is 1. The Bertz CT molecular complexity index is 2000. The highest BCUT2D eigenvalue weighted by atomic mass is 35.5. The van der Waals surface area contributed by atoms with Crippen LogP contribution in [0.4, 0.5) is 5.69 Å². The van der Waals surface area contributed by atoms with Crippen molar-refractivity contribution in [1.29, 1.82) is 0 Å². The van der Waals surface area contributed by atoms with Crippen LogP contribution < -0.4 is 25.1 Å². The SMILES string of the molecule is COc1cc(C)c(-c2nc3ccccc3c(=O)n2N=Cc2cc(Cl)c(OCC(=O)Nc3ccc(C)cc3)c(OC)c2)cc1C(C)C. The summed E-state index contributed by atoms with van der Waals surface area (Å²) < 4.78 is 18.2. The number of methoxy groups -OCH3 is 2. The van der Waals surface area contributed by atoms with Crippen molar-refractivity contribution in [2.75, 3.05) is 26.1 Å². The van der Waals surface area contributed by atoms with Crippen molar-refractivity contribution in [3.63, 3.8) is 0 Å². The molecule has 10 heteroatoms. The Morgan fingerprint density at radius 1 is 1.00 bits per heavy atom. The summed E-state index contributed by atoms with van der Waals surface area (Å²) in [7, 11) is 3.12. The first kappa shape index (κ1) is 32.2. The van der Waals surface area contributed by atoms with E-state index in [1.54, 1.807) is 37.4 Å². The van der Waals surface area contributed by atoms with Gasteiger partial charge in [0, 0.05) is 11.3 Å². The number of carbonyl (C=O) groups is 1. The molecule has 0 aliphatic rings. The zero-order chi connectivity index (χ0) is 33.0. The number of aromatic nitrogens is 2. The van der Waals surface area contributed by atoms with Crippen LogP contribution in [0.5, 0.6) is 17.2 Å². The van der Waals surface area contributed by atoms with E-state index in [4.69, 9.17) is 30.8 Å². The van der Waals surface area contributed by atoms with Gasteiger partial charge in [-0.25, -0.2) is 4.98 Å². The number of hydrogen-bond donors (Lipinski definition) is 1. The number of aryl methyl sites for hydroxylation is 2. The summed E-state index contributed by atoms with van der Waals surface area (Å²) in [5.74, 6) is 1.49. The van der Waals surface area contributed by atoms with Crippen molar-refractivity contribution in [3.05, 3.63) is 110 Å². The minimum absolute atomic E-state index is 0.169. The highest BCUT2D eigenvalue weighted by Gasteiger charge is 2.19. The Morgan fingerprint density at radius 3 is 2.41 bits per heavy atom. The lowest BCUT2D eigenvalue weighted by Gasteiger charge is -2.17. The van der Waals surface area contributed by atoms with E-state index in [2.05, 4.69) is 24.3 Å². The maximum atomic E-state index is 13.8. The predicted octanol–water partition coefficient (Wildman–Crippen LogP) is 7.37. The predicted molar refractivity (Wildman–Crippen MR) is 183 cm³/mol. The molecule has 0 saturated heterocycles. The standard InChI is InChI=1S/C36H35ClN4O5/c1-21(2)27-18-28(23(4)15-31(27)44-5)35-40-30-10-8-7-9-26(30)36(43)41(35)38-19-24-16-29(37)34(32(17-24)45-6)46-20-33(42)39-25-13-11-22(3)12-14-25/h7-19,21H,20H2,1-6H3,(H,39,42). The van der Waals surface area contributed by atoms with Gasteiger partial charge in [0.05, 0.1) is 36.4 Å². The van der Waals surface area contributed by atoms with E-state index >= 15 is 0 Å². The van der Waals surface area contributed by atoms with Crippen LogP contribution in [0.2, 0.25) is 5.02 Å². The number of nitrogens with zero attached hydrogens (tertiary/aromatic N) is 3. The molecule has 46 heavy (non-hydrogen) atoms. The first-order valence-electron chi connectivity index (χ1n) is 14.7. The molecule has 0 fully saturated rings. The topological polar surface area (TPSA) is 104 Å². The molecule has 9 nitrogen and oxygen atoms in total. The van der Waals surface area contributed by atoms with E-state index in [1.165, 1.54) is 18.0 Å². The fraction of sp³-hybridized carbons (Fsp3) is 0.222. The second-order valence-electron chi connectivity index (χ2n) is 11.1. The summed E-state index contributed by atoms with van der Waals surface area (Å²) in [4.78, 5) is 31.2. The number of halogens is 1. The van der Waals surface area contributed by atoms with Crippen LogP contribution in [0.15, 0.2) is 82.7 Å². The molecule has 0 spiro atoms. The third-order valence-electron chi connectivity index (χ3n) is 7.45. The third kappa shape index (κ3) is 6.89. The number of para-hydroxylation sites is 1. The van der Waals surface area contributed by atoms with Gasteiger partial charge in [-0.05, 0) is 85.0 Å². The monoisotopic (exact) mass is 638 g/mol. The molecular weight excluding hydrogens is 604 g/mol. The minimum Gasteiger partial charge on any atom is -0.496 e. The second kappa shape index (κ2) is 13.9. The molecule has 0 bridgehead atoms. The van der Waals surface area contributed by atoms with Gasteiger partial charge in [0.1, 0.15) is 5.75 Å². The summed E-state index contributed by atoms with van der Waals surface area (Å²) in [5, 5.41) is 8.03. The zero-order valence-corrected chi connectivity index (χ0v) is 27.3. The second-order valence-corrected chi connectivity index (χ2v) is 11.5. The Kier molecular flexibility index (Phi) is 9.72. The lowest BCUT2D eigenvalue weighted by atomic mass is 9.96. The third-order valence-corrected chi connectivity index (χ3v) is 7.73. The first-order chi connectivity index (χ1) is 22.1. The average Bonchev–Trinajstić information content (AvgIpc) is 3.04. The molecule has 5 rings (SSSR count). The highest BCUT2D eigenvalue weighted by Crippen LogP contribution is 2.37. The molecule has 0 unspecified atom stereocenters. The number of hydrogen-bond acceptors (Lipinski definition) is 7. The Morgan fingerprint density at radius 2 is 1.72 bits per heavy atom. The molecule has 0 aliphatic carbocycles. The molecule has 1 amide bonds. The van der Waals surface area contributed by atoms with Crippen LogP contribution in [0.3, 0.4) is 0 Å². The number of carbonyl (C=O) groups excluding carboxylic acids is 1. The Hall–Kier alpha value is -5.15. The first-order valence-corrected chi connectivity index (χ1v) is 15.1. The van der Waals surface area contributed by atoms with Crippen LogP contribution >= 0.6 is 11.6 Å². The lowest BCUT2D eigenvalue weighted by molar-refractivity contribution is -0.118. The average molecular weight is 639 g/mol. The van der Waals surface area contributed by atoms with Gasteiger partial charge in [-0.15, -0.1) is 0 Å². The summed E-state index contributed by atoms with van der Waals surface area (Å²) >= 11 is 6.60. The maximum absolute atomic E-state index is 13.8. The van der Waals surface area contributed by atoms with Gasteiger partial charge >= 0.3 is 0 Å². The number of rotatable bonds is 10. The van der Waals surface area contributed by atoms with E-state index in [9.17, 15) is 9.59 Å². The van der Waals surface area contributed by atoms with Gasteiger partial charge in [0.25, 0.3) is 11.5 Å². The number of ether oxygens (including phenoxy) is 3. The van der Waals surface area contributed by atoms with Crippen molar-refractivity contribution in [2.45, 2.75) is 33.6 Å².